The van der Waals surface area contributed by atoms with Crippen LogP contribution in [0.1, 0.15) is 32.3 Å². The first-order valence-corrected chi connectivity index (χ1v) is 8.70. The molecule has 0 radical (unpaired) electrons. The number of piperazine rings is 1. The Morgan fingerprint density at radius 2 is 1.58 bits per heavy atom. The van der Waals surface area contributed by atoms with Gasteiger partial charge >= 0.3 is 0 Å². The van der Waals surface area contributed by atoms with Gasteiger partial charge < -0.3 is 14.5 Å². The highest BCUT2D eigenvalue weighted by atomic mass is 19.1. The summed E-state index contributed by atoms with van der Waals surface area (Å²) in [7, 11) is 1.58. The highest BCUT2D eigenvalue weighted by Crippen LogP contribution is 2.26. The van der Waals surface area contributed by atoms with E-state index in [4.69, 9.17) is 4.74 Å². The minimum atomic E-state index is -0.341. The molecule has 1 saturated heterocycles. The van der Waals surface area contributed by atoms with Crippen LogP contribution >= 0.6 is 0 Å². The highest BCUT2D eigenvalue weighted by Gasteiger charge is 2.26. The van der Waals surface area contributed by atoms with Gasteiger partial charge in [-0.15, -0.1) is 0 Å². The van der Waals surface area contributed by atoms with Gasteiger partial charge in [-0.3, -0.25) is 0 Å². The Balaban J connectivity index is 1.76. The third-order valence-corrected chi connectivity index (χ3v) is 4.38. The lowest BCUT2D eigenvalue weighted by molar-refractivity contribution is 0.410. The fourth-order valence-electron chi connectivity index (χ4n) is 2.79. The number of hydrogen-bond donors (Lipinski definition) is 0. The number of aromatic nitrogens is 4. The molecule has 0 atom stereocenters. The van der Waals surface area contributed by atoms with Crippen molar-refractivity contribution in [3.05, 3.63) is 29.7 Å². The molecule has 0 bridgehead atoms. The average molecular weight is 360 g/mol. The molecule has 0 spiro atoms. The van der Waals surface area contributed by atoms with Gasteiger partial charge in [0.05, 0.1) is 25.2 Å². The maximum absolute atomic E-state index is 14.6. The average Bonchev–Trinajstić information content (AvgIpc) is 2.63. The summed E-state index contributed by atoms with van der Waals surface area (Å²) in [6, 6.07) is 0. The molecule has 2 aromatic heterocycles. The van der Waals surface area contributed by atoms with Crippen LogP contribution in [0.25, 0.3) is 0 Å². The summed E-state index contributed by atoms with van der Waals surface area (Å²) in [6.07, 6.45) is 3.30. The van der Waals surface area contributed by atoms with Crippen LogP contribution in [0.2, 0.25) is 0 Å². The Morgan fingerprint density at radius 3 is 2.12 bits per heavy atom. The lowest BCUT2D eigenvalue weighted by Crippen LogP contribution is -2.48. The van der Waals surface area contributed by atoms with E-state index < -0.39 is 0 Å². The fraction of sp³-hybridized carbons (Fsp3) is 0.556. The molecule has 0 unspecified atom stereocenters. The van der Waals surface area contributed by atoms with E-state index in [2.05, 4.69) is 24.8 Å². The Labute approximate surface area is 153 Å². The van der Waals surface area contributed by atoms with Crippen molar-refractivity contribution in [3.63, 3.8) is 0 Å². The largest absolute Gasteiger partial charge is 0.494 e. The number of halogens is 1. The van der Waals surface area contributed by atoms with E-state index in [1.54, 1.807) is 26.4 Å². The molecule has 0 aromatic carbocycles. The van der Waals surface area contributed by atoms with E-state index in [0.29, 0.717) is 55.2 Å². The predicted molar refractivity (Wildman–Crippen MR) is 98.4 cm³/mol. The lowest BCUT2D eigenvalue weighted by Gasteiger charge is -2.36. The molecule has 7 nitrogen and oxygen atoms in total. The van der Waals surface area contributed by atoms with Gasteiger partial charge in [0.1, 0.15) is 5.82 Å². The molecule has 0 N–H and O–H groups in total. The second-order valence-corrected chi connectivity index (χ2v) is 7.42. The van der Waals surface area contributed by atoms with E-state index in [1.165, 1.54) is 0 Å². The quantitative estimate of drug-likeness (QED) is 0.832. The molecule has 2 aromatic rings. The molecule has 8 heteroatoms. The third-order valence-electron chi connectivity index (χ3n) is 4.38. The van der Waals surface area contributed by atoms with Crippen molar-refractivity contribution in [3.8, 4) is 5.75 Å². The molecule has 3 heterocycles. The van der Waals surface area contributed by atoms with Crippen molar-refractivity contribution >= 4 is 11.8 Å². The van der Waals surface area contributed by atoms with Gasteiger partial charge in [-0.05, 0) is 6.92 Å². The molecule has 1 fully saturated rings. The van der Waals surface area contributed by atoms with Gasteiger partial charge in [0.2, 0.25) is 5.95 Å². The molecule has 0 saturated carbocycles. The molecular weight excluding hydrogens is 335 g/mol. The van der Waals surface area contributed by atoms with E-state index >= 15 is 0 Å². The molecule has 1 aliphatic heterocycles. The number of rotatable bonds is 3. The maximum Gasteiger partial charge on any atom is 0.225 e. The number of ether oxygens (including phenoxy) is 1. The standard InChI is InChI=1S/C18H25FN6O/c1-12-14(19)15(23-16(22-12)18(2,3)4)24-6-8-25(9-7-24)17-20-10-13(26-5)11-21-17/h10-11H,6-9H2,1-5H3. The van der Waals surface area contributed by atoms with Crippen LogP contribution in [0.3, 0.4) is 0 Å². The number of anilines is 2. The van der Waals surface area contributed by atoms with Gasteiger partial charge in [-0.1, -0.05) is 20.8 Å². The Morgan fingerprint density at radius 1 is 1.00 bits per heavy atom. The van der Waals surface area contributed by atoms with Crippen LogP contribution in [-0.4, -0.2) is 53.2 Å². The van der Waals surface area contributed by atoms with Gasteiger partial charge in [0, 0.05) is 31.6 Å². The minimum Gasteiger partial charge on any atom is -0.494 e. The molecule has 140 valence electrons. The van der Waals surface area contributed by atoms with Crippen LogP contribution in [-0.2, 0) is 5.41 Å². The zero-order valence-electron chi connectivity index (χ0n) is 16.0. The zero-order chi connectivity index (χ0) is 18.9. The van der Waals surface area contributed by atoms with Crippen molar-refractivity contribution in [2.24, 2.45) is 0 Å². The Kier molecular flexibility index (Phi) is 4.93. The molecule has 26 heavy (non-hydrogen) atoms. The predicted octanol–water partition coefficient (Wildman–Crippen LogP) is 2.35. The summed E-state index contributed by atoms with van der Waals surface area (Å²) < 4.78 is 19.7. The smallest absolute Gasteiger partial charge is 0.225 e. The Hall–Kier alpha value is -2.51. The summed E-state index contributed by atoms with van der Waals surface area (Å²) in [5.74, 6) is 1.98. The second-order valence-electron chi connectivity index (χ2n) is 7.42. The van der Waals surface area contributed by atoms with Gasteiger partial charge in [0.25, 0.3) is 0 Å². The van der Waals surface area contributed by atoms with Crippen LogP contribution < -0.4 is 14.5 Å². The van der Waals surface area contributed by atoms with Crippen molar-refractivity contribution < 1.29 is 9.13 Å². The van der Waals surface area contributed by atoms with Gasteiger partial charge in [-0.25, -0.2) is 24.3 Å². The fourth-order valence-corrected chi connectivity index (χ4v) is 2.79. The first kappa shape index (κ1) is 18.3. The monoisotopic (exact) mass is 360 g/mol. The Bertz CT molecular complexity index is 766. The van der Waals surface area contributed by atoms with E-state index in [1.807, 2.05) is 25.7 Å². The van der Waals surface area contributed by atoms with Crippen LogP contribution in [0.5, 0.6) is 5.75 Å². The van der Waals surface area contributed by atoms with Gasteiger partial charge in [-0.2, -0.15) is 0 Å². The normalized spacial score (nSPS) is 15.3. The molecule has 0 amide bonds. The summed E-state index contributed by atoms with van der Waals surface area (Å²) in [4.78, 5) is 21.5. The molecule has 0 aliphatic carbocycles. The summed E-state index contributed by atoms with van der Waals surface area (Å²) >= 11 is 0. The number of nitrogens with zero attached hydrogens (tertiary/aromatic N) is 6. The summed E-state index contributed by atoms with van der Waals surface area (Å²) in [5.41, 5.74) is 0.159. The van der Waals surface area contributed by atoms with E-state index in [-0.39, 0.29) is 11.2 Å². The summed E-state index contributed by atoms with van der Waals surface area (Å²) in [5, 5.41) is 0. The SMILES string of the molecule is COc1cnc(N2CCN(c3nc(C(C)(C)C)nc(C)c3F)CC2)nc1. The van der Waals surface area contributed by atoms with Crippen LogP contribution in [0.15, 0.2) is 12.4 Å². The zero-order valence-corrected chi connectivity index (χ0v) is 16.0. The van der Waals surface area contributed by atoms with Gasteiger partial charge in [0.15, 0.2) is 17.4 Å². The summed E-state index contributed by atoms with van der Waals surface area (Å²) in [6.45, 7) is 10.5. The molecule has 1 aliphatic rings. The number of hydrogen-bond acceptors (Lipinski definition) is 7. The van der Waals surface area contributed by atoms with Crippen molar-refractivity contribution in [2.45, 2.75) is 33.1 Å². The number of methoxy groups -OCH3 is 1. The van der Waals surface area contributed by atoms with Crippen molar-refractivity contribution in [1.82, 2.24) is 19.9 Å². The minimum absolute atomic E-state index is 0.230. The molecular formula is C18H25FN6O. The second kappa shape index (κ2) is 7.01. The van der Waals surface area contributed by atoms with Crippen molar-refractivity contribution in [2.75, 3.05) is 43.1 Å². The molecule has 3 rings (SSSR count). The number of aryl methyl sites for hydroxylation is 1. The topological polar surface area (TPSA) is 67.3 Å². The maximum atomic E-state index is 14.6. The van der Waals surface area contributed by atoms with Crippen LogP contribution in [0.4, 0.5) is 16.2 Å². The first-order valence-electron chi connectivity index (χ1n) is 8.70. The first-order chi connectivity index (χ1) is 12.3. The lowest BCUT2D eigenvalue weighted by atomic mass is 9.95. The third kappa shape index (κ3) is 3.68. The van der Waals surface area contributed by atoms with E-state index in [9.17, 15) is 4.39 Å². The van der Waals surface area contributed by atoms with Crippen LogP contribution in [0, 0.1) is 12.7 Å². The highest BCUT2D eigenvalue weighted by molar-refractivity contribution is 5.45. The van der Waals surface area contributed by atoms with Crippen molar-refractivity contribution in [1.29, 1.82) is 0 Å². The van der Waals surface area contributed by atoms with E-state index in [0.717, 1.165) is 0 Å².